The summed E-state index contributed by atoms with van der Waals surface area (Å²) in [6, 6.07) is 9.71. The number of hydrogen-bond acceptors (Lipinski definition) is 2. The van der Waals surface area contributed by atoms with E-state index in [9.17, 15) is 9.90 Å². The van der Waals surface area contributed by atoms with Crippen LogP contribution in [0.3, 0.4) is 0 Å². The van der Waals surface area contributed by atoms with E-state index in [0.29, 0.717) is 18.4 Å². The highest BCUT2D eigenvalue weighted by atomic mass is 16.3. The van der Waals surface area contributed by atoms with Crippen LogP contribution >= 0.6 is 0 Å². The lowest BCUT2D eigenvalue weighted by Crippen LogP contribution is -2.26. The maximum atomic E-state index is 12.0. The lowest BCUT2D eigenvalue weighted by molar-refractivity contribution is -0.111. The van der Waals surface area contributed by atoms with Gasteiger partial charge in [-0.25, -0.2) is 0 Å². The van der Waals surface area contributed by atoms with Gasteiger partial charge in [0, 0.05) is 5.57 Å². The van der Waals surface area contributed by atoms with Crippen LogP contribution in [0.2, 0.25) is 0 Å². The Morgan fingerprint density at radius 3 is 2.68 bits per heavy atom. The van der Waals surface area contributed by atoms with Crippen LogP contribution in [0.4, 0.5) is 0 Å². The highest BCUT2D eigenvalue weighted by Crippen LogP contribution is 2.24. The standard InChI is InChI=1S/C17H18O2/c1-2-17(19)12-10-15(11-13-17)16(18)9-8-14-6-4-3-5-7-14/h3-12,19H,2,13H2,1H3. The van der Waals surface area contributed by atoms with E-state index in [4.69, 9.17) is 0 Å². The molecule has 19 heavy (non-hydrogen) atoms. The summed E-state index contributed by atoms with van der Waals surface area (Å²) in [6.45, 7) is 1.93. The number of benzene rings is 1. The first-order valence-electron chi connectivity index (χ1n) is 6.52. The highest BCUT2D eigenvalue weighted by Gasteiger charge is 2.23. The second-order valence-electron chi connectivity index (χ2n) is 4.76. The predicted octanol–water partition coefficient (Wildman–Crippen LogP) is 3.30. The van der Waals surface area contributed by atoms with Gasteiger partial charge in [-0.15, -0.1) is 0 Å². The smallest absolute Gasteiger partial charge is 0.185 e. The predicted molar refractivity (Wildman–Crippen MR) is 77.6 cm³/mol. The fourth-order valence-corrected chi connectivity index (χ4v) is 1.94. The molecule has 2 nitrogen and oxygen atoms in total. The average molecular weight is 254 g/mol. The van der Waals surface area contributed by atoms with Gasteiger partial charge < -0.3 is 5.11 Å². The Kier molecular flexibility index (Phi) is 4.13. The highest BCUT2D eigenvalue weighted by molar-refractivity contribution is 6.08. The van der Waals surface area contributed by atoms with Crippen LogP contribution in [-0.2, 0) is 4.79 Å². The van der Waals surface area contributed by atoms with Gasteiger partial charge in [-0.3, -0.25) is 4.79 Å². The van der Waals surface area contributed by atoms with Crippen molar-refractivity contribution >= 4 is 11.9 Å². The van der Waals surface area contributed by atoms with Gasteiger partial charge in [0.1, 0.15) is 0 Å². The zero-order valence-corrected chi connectivity index (χ0v) is 11.0. The molecule has 98 valence electrons. The van der Waals surface area contributed by atoms with Gasteiger partial charge in [-0.05, 0) is 24.5 Å². The van der Waals surface area contributed by atoms with Crippen LogP contribution < -0.4 is 0 Å². The number of carbonyl (C=O) groups is 1. The van der Waals surface area contributed by atoms with Gasteiger partial charge in [-0.1, -0.05) is 61.6 Å². The largest absolute Gasteiger partial charge is 0.385 e. The van der Waals surface area contributed by atoms with E-state index >= 15 is 0 Å². The van der Waals surface area contributed by atoms with Gasteiger partial charge in [0.25, 0.3) is 0 Å². The molecule has 1 N–H and O–H groups in total. The van der Waals surface area contributed by atoms with Gasteiger partial charge in [0.15, 0.2) is 5.78 Å². The van der Waals surface area contributed by atoms with Crippen LogP contribution in [0.5, 0.6) is 0 Å². The summed E-state index contributed by atoms with van der Waals surface area (Å²) in [5, 5.41) is 10.0. The van der Waals surface area contributed by atoms with Gasteiger partial charge >= 0.3 is 0 Å². The number of ketones is 1. The molecule has 1 aliphatic carbocycles. The molecule has 0 saturated carbocycles. The van der Waals surface area contributed by atoms with Crippen LogP contribution in [0.15, 0.2) is 60.2 Å². The summed E-state index contributed by atoms with van der Waals surface area (Å²) in [5.74, 6) is -0.0294. The minimum atomic E-state index is -0.785. The molecule has 1 aliphatic rings. The Bertz CT molecular complexity index is 538. The second-order valence-corrected chi connectivity index (χ2v) is 4.76. The Hall–Kier alpha value is -1.93. The molecule has 0 bridgehead atoms. The zero-order chi connectivity index (χ0) is 13.7. The molecule has 1 atom stereocenters. The summed E-state index contributed by atoms with van der Waals surface area (Å²) in [6.07, 6.45) is 9.77. The second kappa shape index (κ2) is 5.81. The summed E-state index contributed by atoms with van der Waals surface area (Å²) in [4.78, 5) is 12.0. The molecule has 1 unspecified atom stereocenters. The molecule has 1 aromatic carbocycles. The summed E-state index contributed by atoms with van der Waals surface area (Å²) in [5.41, 5.74) is 0.860. The topological polar surface area (TPSA) is 37.3 Å². The SMILES string of the molecule is CCC1(O)C=CC(C(=O)C=Cc2ccccc2)=CC1. The maximum absolute atomic E-state index is 12.0. The average Bonchev–Trinajstić information content (AvgIpc) is 2.47. The number of hydrogen-bond donors (Lipinski definition) is 1. The van der Waals surface area contributed by atoms with E-state index < -0.39 is 5.60 Å². The summed E-state index contributed by atoms with van der Waals surface area (Å²) < 4.78 is 0. The van der Waals surface area contributed by atoms with Gasteiger partial charge in [-0.2, -0.15) is 0 Å². The molecule has 0 saturated heterocycles. The Labute approximate surface area is 113 Å². The molecule has 2 rings (SSSR count). The molecular formula is C17H18O2. The molecule has 0 aliphatic heterocycles. The molecular weight excluding hydrogens is 236 g/mol. The first kappa shape index (κ1) is 13.5. The van der Waals surface area contributed by atoms with E-state index in [1.54, 1.807) is 30.4 Å². The molecule has 0 aromatic heterocycles. The molecule has 2 heteroatoms. The molecule has 0 heterocycles. The third-order valence-corrected chi connectivity index (χ3v) is 3.37. The van der Waals surface area contributed by atoms with Crippen molar-refractivity contribution in [3.05, 3.63) is 65.8 Å². The monoisotopic (exact) mass is 254 g/mol. The van der Waals surface area contributed by atoms with Gasteiger partial charge in [0.05, 0.1) is 5.60 Å². The molecule has 1 aromatic rings. The maximum Gasteiger partial charge on any atom is 0.185 e. The molecule has 0 radical (unpaired) electrons. The Morgan fingerprint density at radius 1 is 1.37 bits per heavy atom. The molecule has 0 amide bonds. The van der Waals surface area contributed by atoms with E-state index in [2.05, 4.69) is 0 Å². The Balaban J connectivity index is 2.03. The van der Waals surface area contributed by atoms with E-state index in [1.165, 1.54) is 0 Å². The fraction of sp³-hybridized carbons (Fsp3) is 0.235. The van der Waals surface area contributed by atoms with Crippen molar-refractivity contribution in [2.24, 2.45) is 0 Å². The normalized spacial score (nSPS) is 22.5. The minimum absolute atomic E-state index is 0.0294. The number of carbonyl (C=O) groups excluding carboxylic acids is 1. The van der Waals surface area contributed by atoms with Crippen molar-refractivity contribution in [1.29, 1.82) is 0 Å². The quantitative estimate of drug-likeness (QED) is 0.837. The van der Waals surface area contributed by atoms with Crippen molar-refractivity contribution < 1.29 is 9.90 Å². The first-order chi connectivity index (χ1) is 9.13. The lowest BCUT2D eigenvalue weighted by atomic mass is 9.89. The van der Waals surface area contributed by atoms with E-state index in [1.807, 2.05) is 37.3 Å². The van der Waals surface area contributed by atoms with E-state index in [-0.39, 0.29) is 5.78 Å². The fourth-order valence-electron chi connectivity index (χ4n) is 1.94. The lowest BCUT2D eigenvalue weighted by Gasteiger charge is -2.24. The van der Waals surface area contributed by atoms with Crippen LogP contribution in [-0.4, -0.2) is 16.5 Å². The van der Waals surface area contributed by atoms with Crippen LogP contribution in [0.1, 0.15) is 25.3 Å². The van der Waals surface area contributed by atoms with Gasteiger partial charge in [0.2, 0.25) is 0 Å². The van der Waals surface area contributed by atoms with Crippen molar-refractivity contribution in [2.45, 2.75) is 25.4 Å². The molecule has 0 spiro atoms. The summed E-state index contributed by atoms with van der Waals surface area (Å²) in [7, 11) is 0. The van der Waals surface area contributed by atoms with Crippen LogP contribution in [0, 0.1) is 0 Å². The summed E-state index contributed by atoms with van der Waals surface area (Å²) >= 11 is 0. The third-order valence-electron chi connectivity index (χ3n) is 3.37. The van der Waals surface area contributed by atoms with Crippen molar-refractivity contribution in [2.75, 3.05) is 0 Å². The number of rotatable bonds is 4. The zero-order valence-electron chi connectivity index (χ0n) is 11.0. The minimum Gasteiger partial charge on any atom is -0.385 e. The van der Waals surface area contributed by atoms with Crippen molar-refractivity contribution in [3.63, 3.8) is 0 Å². The first-order valence-corrected chi connectivity index (χ1v) is 6.52. The molecule has 0 fully saturated rings. The number of aliphatic hydroxyl groups is 1. The number of allylic oxidation sites excluding steroid dienone is 3. The van der Waals surface area contributed by atoms with Crippen LogP contribution in [0.25, 0.3) is 6.08 Å². The van der Waals surface area contributed by atoms with Crippen molar-refractivity contribution in [1.82, 2.24) is 0 Å². The third kappa shape index (κ3) is 3.52. The Morgan fingerprint density at radius 2 is 2.11 bits per heavy atom. The van der Waals surface area contributed by atoms with E-state index in [0.717, 1.165) is 5.56 Å². The van der Waals surface area contributed by atoms with Crippen molar-refractivity contribution in [3.8, 4) is 0 Å².